The molecule has 0 spiro atoms. The largest absolute Gasteiger partial charge is 0.316 e. The third-order valence-corrected chi connectivity index (χ3v) is 4.53. The zero-order chi connectivity index (χ0) is 14.3. The molecule has 1 atom stereocenters. The van der Waals surface area contributed by atoms with Gasteiger partial charge in [0.2, 0.25) is 5.91 Å². The van der Waals surface area contributed by atoms with Gasteiger partial charge in [-0.05, 0) is 25.1 Å². The van der Waals surface area contributed by atoms with Crippen molar-refractivity contribution in [3.63, 3.8) is 0 Å². The van der Waals surface area contributed by atoms with Gasteiger partial charge in [-0.15, -0.1) is 12.4 Å². The summed E-state index contributed by atoms with van der Waals surface area (Å²) in [4.78, 5) is 16.1. The zero-order valence-corrected chi connectivity index (χ0v) is 12.8. The van der Waals surface area contributed by atoms with E-state index in [1.807, 2.05) is 6.92 Å². The molecular weight excluding hydrogens is 320 g/mol. The standard InChI is InChI=1S/C13H13F2N3OS.ClH/c1-6(7-4-16-5-7)12(19)18-13-17-10-2-8(14)9(15)3-11(10)20-13;/h2-3,6-7,16H,4-5H2,1H3,(H,17,18,19);1H. The number of amides is 1. The molecular formula is C13H14ClF2N3OS. The molecule has 1 saturated heterocycles. The minimum absolute atomic E-state index is 0. The quantitative estimate of drug-likeness (QED) is 0.908. The van der Waals surface area contributed by atoms with E-state index in [1.165, 1.54) is 0 Å². The number of anilines is 1. The lowest BCUT2D eigenvalue weighted by molar-refractivity contribution is -0.121. The van der Waals surface area contributed by atoms with Crippen LogP contribution in [0, 0.1) is 23.5 Å². The Morgan fingerprint density at radius 2 is 2.10 bits per heavy atom. The molecule has 1 fully saturated rings. The molecule has 0 saturated carbocycles. The van der Waals surface area contributed by atoms with Crippen LogP contribution in [0.5, 0.6) is 0 Å². The van der Waals surface area contributed by atoms with Crippen LogP contribution in [0.4, 0.5) is 13.9 Å². The molecule has 114 valence electrons. The van der Waals surface area contributed by atoms with Crippen LogP contribution < -0.4 is 10.6 Å². The Morgan fingerprint density at radius 1 is 1.43 bits per heavy atom. The molecule has 21 heavy (non-hydrogen) atoms. The average molecular weight is 334 g/mol. The van der Waals surface area contributed by atoms with Gasteiger partial charge in [-0.1, -0.05) is 18.3 Å². The van der Waals surface area contributed by atoms with Crippen LogP contribution in [0.25, 0.3) is 10.2 Å². The summed E-state index contributed by atoms with van der Waals surface area (Å²) >= 11 is 1.14. The van der Waals surface area contributed by atoms with Crippen molar-refractivity contribution in [1.82, 2.24) is 10.3 Å². The molecule has 1 aromatic heterocycles. The first-order valence-corrected chi connectivity index (χ1v) is 7.13. The van der Waals surface area contributed by atoms with Gasteiger partial charge < -0.3 is 10.6 Å². The van der Waals surface area contributed by atoms with Crippen LogP contribution in [0.3, 0.4) is 0 Å². The molecule has 3 rings (SSSR count). The van der Waals surface area contributed by atoms with E-state index < -0.39 is 11.6 Å². The van der Waals surface area contributed by atoms with Gasteiger partial charge in [-0.2, -0.15) is 0 Å². The fourth-order valence-electron chi connectivity index (χ4n) is 2.07. The Hall–Kier alpha value is -1.31. The Labute approximate surface area is 130 Å². The van der Waals surface area contributed by atoms with Gasteiger partial charge in [0, 0.05) is 12.0 Å². The van der Waals surface area contributed by atoms with E-state index in [0.29, 0.717) is 21.3 Å². The lowest BCUT2D eigenvalue weighted by atomic mass is 9.88. The van der Waals surface area contributed by atoms with Crippen molar-refractivity contribution in [2.45, 2.75) is 6.92 Å². The molecule has 2 heterocycles. The van der Waals surface area contributed by atoms with E-state index >= 15 is 0 Å². The van der Waals surface area contributed by atoms with Crippen molar-refractivity contribution in [2.24, 2.45) is 11.8 Å². The topological polar surface area (TPSA) is 54.0 Å². The summed E-state index contributed by atoms with van der Waals surface area (Å²) < 4.78 is 26.7. The number of nitrogens with zero attached hydrogens (tertiary/aromatic N) is 1. The first kappa shape index (κ1) is 16.1. The predicted octanol–water partition coefficient (Wildman–Crippen LogP) is 2.79. The molecule has 1 unspecified atom stereocenters. The number of rotatable bonds is 3. The number of carbonyl (C=O) groups excluding carboxylic acids is 1. The van der Waals surface area contributed by atoms with Crippen molar-refractivity contribution in [1.29, 1.82) is 0 Å². The third-order valence-electron chi connectivity index (χ3n) is 3.59. The van der Waals surface area contributed by atoms with Gasteiger partial charge in [0.25, 0.3) is 0 Å². The van der Waals surface area contributed by atoms with Crippen molar-refractivity contribution in [3.8, 4) is 0 Å². The van der Waals surface area contributed by atoms with E-state index in [4.69, 9.17) is 0 Å². The normalized spacial score (nSPS) is 16.1. The maximum atomic E-state index is 13.1. The first-order valence-electron chi connectivity index (χ1n) is 6.32. The third kappa shape index (κ3) is 3.14. The molecule has 2 aromatic rings. The second-order valence-corrected chi connectivity index (χ2v) is 5.98. The molecule has 1 aromatic carbocycles. The number of fused-ring (bicyclic) bond motifs is 1. The molecule has 1 amide bonds. The molecule has 1 aliphatic heterocycles. The lowest BCUT2D eigenvalue weighted by Gasteiger charge is -2.31. The van der Waals surface area contributed by atoms with Gasteiger partial charge in [0.05, 0.1) is 10.2 Å². The highest BCUT2D eigenvalue weighted by molar-refractivity contribution is 7.22. The highest BCUT2D eigenvalue weighted by atomic mass is 35.5. The number of thiazole rings is 1. The van der Waals surface area contributed by atoms with E-state index in [1.54, 1.807) is 0 Å². The number of hydrogen-bond donors (Lipinski definition) is 2. The minimum atomic E-state index is -0.936. The maximum Gasteiger partial charge on any atom is 0.229 e. The molecule has 0 bridgehead atoms. The van der Waals surface area contributed by atoms with E-state index in [9.17, 15) is 13.6 Å². The SMILES string of the molecule is CC(C(=O)Nc1nc2cc(F)c(F)cc2s1)C1CNC1.Cl. The van der Waals surface area contributed by atoms with Gasteiger partial charge in [0.1, 0.15) is 0 Å². The van der Waals surface area contributed by atoms with Crippen molar-refractivity contribution in [3.05, 3.63) is 23.8 Å². The molecule has 1 aliphatic rings. The Balaban J connectivity index is 0.00000161. The summed E-state index contributed by atoms with van der Waals surface area (Å²) in [6.45, 7) is 3.54. The number of carbonyl (C=O) groups is 1. The predicted molar refractivity (Wildman–Crippen MR) is 80.9 cm³/mol. The summed E-state index contributed by atoms with van der Waals surface area (Å²) in [6, 6.07) is 2.13. The van der Waals surface area contributed by atoms with Crippen LogP contribution in [-0.2, 0) is 4.79 Å². The Bertz CT molecular complexity index is 636. The molecule has 0 aliphatic carbocycles. The number of aromatic nitrogens is 1. The average Bonchev–Trinajstić information content (AvgIpc) is 2.68. The summed E-state index contributed by atoms with van der Waals surface area (Å²) in [6.07, 6.45) is 0. The fourth-order valence-corrected chi connectivity index (χ4v) is 2.95. The number of benzene rings is 1. The van der Waals surface area contributed by atoms with Crippen molar-refractivity contribution < 1.29 is 13.6 Å². The highest BCUT2D eigenvalue weighted by Gasteiger charge is 2.29. The second kappa shape index (κ2) is 6.21. The second-order valence-electron chi connectivity index (χ2n) is 4.95. The molecule has 8 heteroatoms. The van der Waals surface area contributed by atoms with Crippen LogP contribution >= 0.6 is 23.7 Å². The molecule has 4 nitrogen and oxygen atoms in total. The van der Waals surface area contributed by atoms with Crippen LogP contribution in [0.15, 0.2) is 12.1 Å². The van der Waals surface area contributed by atoms with Gasteiger partial charge in [0.15, 0.2) is 16.8 Å². The van der Waals surface area contributed by atoms with Gasteiger partial charge in [-0.25, -0.2) is 13.8 Å². The lowest BCUT2D eigenvalue weighted by Crippen LogP contribution is -2.48. The highest BCUT2D eigenvalue weighted by Crippen LogP contribution is 2.28. The fraction of sp³-hybridized carbons (Fsp3) is 0.385. The summed E-state index contributed by atoms with van der Waals surface area (Å²) in [5, 5.41) is 6.20. The van der Waals surface area contributed by atoms with Crippen molar-refractivity contribution >= 4 is 45.0 Å². The zero-order valence-electron chi connectivity index (χ0n) is 11.2. The van der Waals surface area contributed by atoms with Crippen molar-refractivity contribution in [2.75, 3.05) is 18.4 Å². The summed E-state index contributed by atoms with van der Waals surface area (Å²) in [5.41, 5.74) is 0.349. The molecule has 0 radical (unpaired) electrons. The summed E-state index contributed by atoms with van der Waals surface area (Å²) in [7, 11) is 0. The Kier molecular flexibility index (Phi) is 4.75. The summed E-state index contributed by atoms with van der Waals surface area (Å²) in [5.74, 6) is -1.74. The van der Waals surface area contributed by atoms with Gasteiger partial charge in [-0.3, -0.25) is 4.79 Å². The van der Waals surface area contributed by atoms with Crippen LogP contribution in [0.2, 0.25) is 0 Å². The first-order chi connectivity index (χ1) is 9.54. The van der Waals surface area contributed by atoms with E-state index in [0.717, 1.165) is 36.6 Å². The van der Waals surface area contributed by atoms with E-state index in [2.05, 4.69) is 15.6 Å². The smallest absolute Gasteiger partial charge is 0.229 e. The number of hydrogen-bond acceptors (Lipinski definition) is 4. The number of nitrogens with one attached hydrogen (secondary N) is 2. The van der Waals surface area contributed by atoms with Crippen LogP contribution in [0.1, 0.15) is 6.92 Å². The van der Waals surface area contributed by atoms with Gasteiger partial charge >= 0.3 is 0 Å². The maximum absolute atomic E-state index is 13.1. The van der Waals surface area contributed by atoms with Crippen LogP contribution in [-0.4, -0.2) is 24.0 Å². The molecule has 2 N–H and O–H groups in total. The Morgan fingerprint density at radius 3 is 2.71 bits per heavy atom. The number of halogens is 3. The minimum Gasteiger partial charge on any atom is -0.316 e. The van der Waals surface area contributed by atoms with E-state index in [-0.39, 0.29) is 24.2 Å². The monoisotopic (exact) mass is 333 g/mol.